The fourth-order valence-electron chi connectivity index (χ4n) is 0.696. The van der Waals surface area contributed by atoms with E-state index in [4.69, 9.17) is 0 Å². The summed E-state index contributed by atoms with van der Waals surface area (Å²) in [6.45, 7) is 2.67. The summed E-state index contributed by atoms with van der Waals surface area (Å²) in [5, 5.41) is 6.70. The van der Waals surface area contributed by atoms with Gasteiger partial charge in [-0.05, 0) is 12.5 Å². The topological polar surface area (TPSA) is 49.9 Å². The highest BCUT2D eigenvalue weighted by Crippen LogP contribution is 1.99. The van der Waals surface area contributed by atoms with Crippen molar-refractivity contribution in [1.82, 2.24) is 15.7 Å². The van der Waals surface area contributed by atoms with Gasteiger partial charge in [0.1, 0.15) is 0 Å². The minimum absolute atomic E-state index is 0.669. The largest absolute Gasteiger partial charge is 0.305 e. The van der Waals surface area contributed by atoms with E-state index in [1.807, 2.05) is 6.92 Å². The van der Waals surface area contributed by atoms with Gasteiger partial charge < -0.3 is 4.84 Å². The lowest BCUT2D eigenvalue weighted by Gasteiger charge is -1.98. The zero-order valence-electron chi connectivity index (χ0n) is 6.14. The number of aryl methyl sites for hydroxylation is 1. The van der Waals surface area contributed by atoms with Crippen LogP contribution in [-0.2, 0) is 11.4 Å². The van der Waals surface area contributed by atoms with E-state index in [0.717, 1.165) is 11.3 Å². The number of aromatic nitrogens is 2. The molecule has 0 saturated carbocycles. The maximum Gasteiger partial charge on any atom is 0.0630 e. The van der Waals surface area contributed by atoms with Crippen molar-refractivity contribution >= 4 is 0 Å². The van der Waals surface area contributed by atoms with E-state index in [-0.39, 0.29) is 0 Å². The van der Waals surface area contributed by atoms with Crippen LogP contribution in [0.2, 0.25) is 0 Å². The molecule has 4 nitrogen and oxygen atoms in total. The highest BCUT2D eigenvalue weighted by Gasteiger charge is 1.96. The van der Waals surface area contributed by atoms with Crippen LogP contribution in [0.25, 0.3) is 0 Å². The SMILES string of the molecule is CONCc1[nH]ncc1C. The zero-order valence-corrected chi connectivity index (χ0v) is 6.14. The van der Waals surface area contributed by atoms with Crippen LogP contribution in [0.1, 0.15) is 11.3 Å². The molecular formula is C6H11N3O. The first-order valence-electron chi connectivity index (χ1n) is 3.09. The maximum atomic E-state index is 4.67. The molecule has 0 aliphatic rings. The molecule has 0 atom stereocenters. The normalized spacial score (nSPS) is 10.2. The molecule has 2 N–H and O–H groups in total. The standard InChI is InChI=1S/C6H11N3O/c1-5-3-7-9-6(5)4-8-10-2/h3,8H,4H2,1-2H3,(H,7,9). The zero-order chi connectivity index (χ0) is 7.40. The third-order valence-corrected chi connectivity index (χ3v) is 1.33. The van der Waals surface area contributed by atoms with Gasteiger partial charge in [-0.25, -0.2) is 0 Å². The summed E-state index contributed by atoms with van der Waals surface area (Å²) in [5.41, 5.74) is 4.92. The summed E-state index contributed by atoms with van der Waals surface area (Å²) in [6.07, 6.45) is 1.78. The lowest BCUT2D eigenvalue weighted by atomic mass is 10.3. The Morgan fingerprint density at radius 3 is 3.10 bits per heavy atom. The maximum absolute atomic E-state index is 4.67. The molecule has 0 amide bonds. The molecule has 0 saturated heterocycles. The van der Waals surface area contributed by atoms with Gasteiger partial charge in [-0.15, -0.1) is 0 Å². The molecule has 56 valence electrons. The number of H-pyrrole nitrogens is 1. The number of aromatic amines is 1. The first kappa shape index (κ1) is 7.24. The first-order chi connectivity index (χ1) is 4.84. The molecule has 10 heavy (non-hydrogen) atoms. The molecule has 0 fully saturated rings. The Hall–Kier alpha value is -0.870. The van der Waals surface area contributed by atoms with Crippen LogP contribution in [0.5, 0.6) is 0 Å². The second kappa shape index (κ2) is 3.34. The average Bonchev–Trinajstić information content (AvgIpc) is 2.31. The molecule has 0 aromatic carbocycles. The van der Waals surface area contributed by atoms with E-state index in [1.165, 1.54) is 0 Å². The van der Waals surface area contributed by atoms with Crippen LogP contribution in [0.15, 0.2) is 6.20 Å². The molecule has 1 heterocycles. The highest BCUT2D eigenvalue weighted by molar-refractivity contribution is 5.12. The summed E-state index contributed by atoms with van der Waals surface area (Å²) in [4.78, 5) is 4.67. The van der Waals surface area contributed by atoms with Crippen molar-refractivity contribution < 1.29 is 4.84 Å². The third kappa shape index (κ3) is 1.55. The van der Waals surface area contributed by atoms with E-state index >= 15 is 0 Å². The van der Waals surface area contributed by atoms with Crippen LogP contribution in [0.3, 0.4) is 0 Å². The van der Waals surface area contributed by atoms with Gasteiger partial charge in [0, 0.05) is 0 Å². The Morgan fingerprint density at radius 1 is 1.80 bits per heavy atom. The van der Waals surface area contributed by atoms with Gasteiger partial charge >= 0.3 is 0 Å². The van der Waals surface area contributed by atoms with Gasteiger partial charge in [0.25, 0.3) is 0 Å². The van der Waals surface area contributed by atoms with E-state index in [0.29, 0.717) is 6.54 Å². The second-order valence-electron chi connectivity index (χ2n) is 2.06. The van der Waals surface area contributed by atoms with E-state index in [9.17, 15) is 0 Å². The summed E-state index contributed by atoms with van der Waals surface area (Å²) in [5.74, 6) is 0. The number of nitrogens with one attached hydrogen (secondary N) is 2. The number of rotatable bonds is 3. The van der Waals surface area contributed by atoms with Gasteiger partial charge in [0.2, 0.25) is 0 Å². The van der Waals surface area contributed by atoms with Crippen LogP contribution in [-0.4, -0.2) is 17.3 Å². The monoisotopic (exact) mass is 141 g/mol. The van der Waals surface area contributed by atoms with E-state index in [1.54, 1.807) is 13.3 Å². The van der Waals surface area contributed by atoms with Gasteiger partial charge in [0.15, 0.2) is 0 Å². The van der Waals surface area contributed by atoms with Crippen molar-refractivity contribution in [3.05, 3.63) is 17.5 Å². The van der Waals surface area contributed by atoms with E-state index < -0.39 is 0 Å². The third-order valence-electron chi connectivity index (χ3n) is 1.33. The van der Waals surface area contributed by atoms with Gasteiger partial charge in [0.05, 0.1) is 25.5 Å². The fraction of sp³-hybridized carbons (Fsp3) is 0.500. The van der Waals surface area contributed by atoms with Gasteiger partial charge in [-0.3, -0.25) is 5.10 Å². The minimum atomic E-state index is 0.669. The van der Waals surface area contributed by atoms with Crippen LogP contribution in [0.4, 0.5) is 0 Å². The molecule has 0 radical (unpaired) electrons. The lowest BCUT2D eigenvalue weighted by Crippen LogP contribution is -2.11. The number of hydrogen-bond donors (Lipinski definition) is 2. The van der Waals surface area contributed by atoms with Crippen LogP contribution in [0, 0.1) is 6.92 Å². The predicted octanol–water partition coefficient (Wildman–Crippen LogP) is 0.369. The van der Waals surface area contributed by atoms with Gasteiger partial charge in [-0.1, -0.05) is 0 Å². The molecule has 1 aromatic heterocycles. The molecule has 0 spiro atoms. The molecule has 1 rings (SSSR count). The van der Waals surface area contributed by atoms with Crippen molar-refractivity contribution in [3.8, 4) is 0 Å². The highest BCUT2D eigenvalue weighted by atomic mass is 16.6. The Morgan fingerprint density at radius 2 is 2.60 bits per heavy atom. The smallest absolute Gasteiger partial charge is 0.0630 e. The van der Waals surface area contributed by atoms with Crippen molar-refractivity contribution in [2.45, 2.75) is 13.5 Å². The van der Waals surface area contributed by atoms with Crippen molar-refractivity contribution in [3.63, 3.8) is 0 Å². The van der Waals surface area contributed by atoms with E-state index in [2.05, 4.69) is 20.5 Å². The van der Waals surface area contributed by atoms with Crippen molar-refractivity contribution in [2.24, 2.45) is 0 Å². The summed E-state index contributed by atoms with van der Waals surface area (Å²) in [7, 11) is 1.59. The summed E-state index contributed by atoms with van der Waals surface area (Å²) < 4.78 is 0. The number of hydrogen-bond acceptors (Lipinski definition) is 3. The Bertz CT molecular complexity index is 197. The van der Waals surface area contributed by atoms with Crippen LogP contribution >= 0.6 is 0 Å². The number of nitrogens with zero attached hydrogens (tertiary/aromatic N) is 1. The Balaban J connectivity index is 2.49. The summed E-state index contributed by atoms with van der Waals surface area (Å²) in [6, 6.07) is 0. The Kier molecular flexibility index (Phi) is 2.42. The quantitative estimate of drug-likeness (QED) is 0.598. The molecule has 4 heteroatoms. The molecular weight excluding hydrogens is 130 g/mol. The number of hydroxylamine groups is 1. The summed E-state index contributed by atoms with van der Waals surface area (Å²) >= 11 is 0. The van der Waals surface area contributed by atoms with Crippen LogP contribution < -0.4 is 5.48 Å². The fourth-order valence-corrected chi connectivity index (χ4v) is 0.696. The molecule has 0 bridgehead atoms. The molecule has 0 aliphatic carbocycles. The minimum Gasteiger partial charge on any atom is -0.305 e. The van der Waals surface area contributed by atoms with Crippen molar-refractivity contribution in [2.75, 3.05) is 7.11 Å². The molecule has 0 unspecified atom stereocenters. The second-order valence-corrected chi connectivity index (χ2v) is 2.06. The Labute approximate surface area is 59.5 Å². The molecule has 0 aliphatic heterocycles. The molecule has 1 aromatic rings. The first-order valence-corrected chi connectivity index (χ1v) is 3.09. The average molecular weight is 141 g/mol. The predicted molar refractivity (Wildman–Crippen MR) is 37.2 cm³/mol. The van der Waals surface area contributed by atoms with Crippen molar-refractivity contribution in [1.29, 1.82) is 0 Å². The van der Waals surface area contributed by atoms with Gasteiger partial charge in [-0.2, -0.15) is 10.6 Å². The lowest BCUT2D eigenvalue weighted by molar-refractivity contribution is 0.0857.